The topological polar surface area (TPSA) is 70.7 Å². The molecule has 0 saturated carbocycles. The van der Waals surface area contributed by atoms with Gasteiger partial charge in [-0.15, -0.1) is 13.2 Å². The Labute approximate surface area is 178 Å². The molecule has 0 fully saturated rings. The molecule has 9 heteroatoms. The number of amides is 2. The number of halogens is 3. The lowest BCUT2D eigenvalue weighted by molar-refractivity contribution is -0.274. The number of aryl methyl sites for hydroxylation is 1. The Morgan fingerprint density at radius 1 is 1.10 bits per heavy atom. The van der Waals surface area contributed by atoms with Crippen molar-refractivity contribution in [2.24, 2.45) is 0 Å². The smallest absolute Gasteiger partial charge is 0.406 e. The third-order valence-electron chi connectivity index (χ3n) is 4.99. The van der Waals surface area contributed by atoms with Gasteiger partial charge in [0.25, 0.3) is 0 Å². The summed E-state index contributed by atoms with van der Waals surface area (Å²) in [5.74, 6) is -2.12. The predicted molar refractivity (Wildman–Crippen MR) is 111 cm³/mol. The molecular weight excluding hydrogens is 411 g/mol. The molecule has 1 heterocycles. The Hall–Kier alpha value is -3.23. The summed E-state index contributed by atoms with van der Waals surface area (Å²) in [4.78, 5) is 26.3. The molecule has 0 bridgehead atoms. The first-order valence-corrected chi connectivity index (χ1v) is 10.1. The van der Waals surface area contributed by atoms with Gasteiger partial charge in [0.15, 0.2) is 0 Å². The Balaban J connectivity index is 1.47. The Morgan fingerprint density at radius 3 is 2.52 bits per heavy atom. The quantitative estimate of drug-likeness (QED) is 0.680. The minimum absolute atomic E-state index is 0.185. The van der Waals surface area contributed by atoms with Crippen molar-refractivity contribution < 1.29 is 27.5 Å². The second kappa shape index (κ2) is 9.72. The van der Waals surface area contributed by atoms with E-state index in [0.717, 1.165) is 43.6 Å². The minimum atomic E-state index is -4.79. The molecule has 1 aliphatic rings. The molecule has 3 rings (SSSR count). The van der Waals surface area contributed by atoms with Crippen molar-refractivity contribution in [2.45, 2.75) is 32.5 Å². The van der Waals surface area contributed by atoms with E-state index < -0.39 is 23.9 Å². The van der Waals surface area contributed by atoms with Gasteiger partial charge in [-0.2, -0.15) is 0 Å². The van der Waals surface area contributed by atoms with Gasteiger partial charge < -0.3 is 20.3 Å². The number of benzene rings is 2. The van der Waals surface area contributed by atoms with Gasteiger partial charge in [-0.1, -0.05) is 12.1 Å². The van der Waals surface area contributed by atoms with Crippen molar-refractivity contribution >= 4 is 23.2 Å². The summed E-state index contributed by atoms with van der Waals surface area (Å²) in [6, 6.07) is 10.8. The number of carbonyl (C=O) groups is 2. The standard InChI is InChI=1S/C22H24F3N3O3/c1-2-28-13-3-4-16-14-15(5-10-19(16)28)11-12-26-20(29)21(30)27-17-6-8-18(9-7-17)31-22(23,24)25/h5-10,14H,2-4,11-13H2,1H3,(H,26,29)(H,27,30). The fourth-order valence-corrected chi connectivity index (χ4v) is 3.54. The van der Waals surface area contributed by atoms with Crippen LogP contribution in [0.4, 0.5) is 24.5 Å². The lowest BCUT2D eigenvalue weighted by Crippen LogP contribution is -2.36. The van der Waals surface area contributed by atoms with Gasteiger partial charge in [0.1, 0.15) is 5.75 Å². The largest absolute Gasteiger partial charge is 0.573 e. The molecule has 2 aromatic carbocycles. The molecule has 166 valence electrons. The normalized spacial score (nSPS) is 13.4. The number of carbonyl (C=O) groups excluding carboxylic acids is 2. The number of alkyl halides is 3. The summed E-state index contributed by atoms with van der Waals surface area (Å²) in [5.41, 5.74) is 3.82. The van der Waals surface area contributed by atoms with Gasteiger partial charge in [-0.3, -0.25) is 9.59 Å². The minimum Gasteiger partial charge on any atom is -0.406 e. The van der Waals surface area contributed by atoms with E-state index in [1.165, 1.54) is 23.4 Å². The number of rotatable bonds is 6. The van der Waals surface area contributed by atoms with Crippen molar-refractivity contribution in [3.05, 3.63) is 53.6 Å². The average molecular weight is 435 g/mol. The summed E-state index contributed by atoms with van der Waals surface area (Å²) >= 11 is 0. The fourth-order valence-electron chi connectivity index (χ4n) is 3.54. The summed E-state index contributed by atoms with van der Waals surface area (Å²) in [6.07, 6.45) is -2.06. The van der Waals surface area contributed by atoms with Crippen molar-refractivity contribution in [3.63, 3.8) is 0 Å². The van der Waals surface area contributed by atoms with Crippen LogP contribution in [0.15, 0.2) is 42.5 Å². The first-order valence-electron chi connectivity index (χ1n) is 10.1. The molecule has 0 aromatic heterocycles. The molecule has 0 saturated heterocycles. The molecule has 0 spiro atoms. The summed E-state index contributed by atoms with van der Waals surface area (Å²) in [6.45, 7) is 4.46. The van der Waals surface area contributed by atoms with E-state index in [1.807, 2.05) is 6.07 Å². The highest BCUT2D eigenvalue weighted by molar-refractivity contribution is 6.39. The summed E-state index contributed by atoms with van der Waals surface area (Å²) in [7, 11) is 0. The fraction of sp³-hybridized carbons (Fsp3) is 0.364. The lowest BCUT2D eigenvalue weighted by atomic mass is 9.98. The monoisotopic (exact) mass is 435 g/mol. The second-order valence-electron chi connectivity index (χ2n) is 7.18. The van der Waals surface area contributed by atoms with Crippen molar-refractivity contribution in [1.82, 2.24) is 5.32 Å². The molecule has 2 aromatic rings. The van der Waals surface area contributed by atoms with Crippen LogP contribution >= 0.6 is 0 Å². The molecule has 0 atom stereocenters. The first kappa shape index (κ1) is 22.5. The number of nitrogens with one attached hydrogen (secondary N) is 2. The molecule has 0 radical (unpaired) electrons. The zero-order valence-electron chi connectivity index (χ0n) is 17.1. The second-order valence-corrected chi connectivity index (χ2v) is 7.18. The highest BCUT2D eigenvalue weighted by Gasteiger charge is 2.31. The van der Waals surface area contributed by atoms with Crippen LogP contribution in [0.3, 0.4) is 0 Å². The van der Waals surface area contributed by atoms with Gasteiger partial charge in [0.2, 0.25) is 0 Å². The summed E-state index contributed by atoms with van der Waals surface area (Å²) < 4.78 is 40.3. The van der Waals surface area contributed by atoms with Crippen molar-refractivity contribution in [3.8, 4) is 5.75 Å². The molecule has 0 unspecified atom stereocenters. The van der Waals surface area contributed by atoms with Gasteiger partial charge in [-0.05, 0) is 67.6 Å². The Bertz CT molecular complexity index is 930. The van der Waals surface area contributed by atoms with Crippen LogP contribution in [0.25, 0.3) is 0 Å². The van der Waals surface area contributed by atoms with Gasteiger partial charge in [0, 0.05) is 31.0 Å². The molecule has 6 nitrogen and oxygen atoms in total. The van der Waals surface area contributed by atoms with Crippen LogP contribution in [0.2, 0.25) is 0 Å². The number of nitrogens with zero attached hydrogens (tertiary/aromatic N) is 1. The van der Waals surface area contributed by atoms with Crippen LogP contribution in [0.5, 0.6) is 5.75 Å². The molecule has 2 N–H and O–H groups in total. The number of hydrogen-bond acceptors (Lipinski definition) is 4. The van der Waals surface area contributed by atoms with Crippen molar-refractivity contribution in [2.75, 3.05) is 29.9 Å². The zero-order chi connectivity index (χ0) is 22.4. The number of fused-ring (bicyclic) bond motifs is 1. The van der Waals surface area contributed by atoms with E-state index in [-0.39, 0.29) is 5.69 Å². The van der Waals surface area contributed by atoms with Crippen molar-refractivity contribution in [1.29, 1.82) is 0 Å². The number of ether oxygens (including phenoxy) is 1. The van der Waals surface area contributed by atoms with Crippen LogP contribution in [-0.4, -0.2) is 37.8 Å². The lowest BCUT2D eigenvalue weighted by Gasteiger charge is -2.30. The van der Waals surface area contributed by atoms with Gasteiger partial charge in [0.05, 0.1) is 0 Å². The van der Waals surface area contributed by atoms with E-state index in [2.05, 4.69) is 39.3 Å². The van der Waals surface area contributed by atoms with Crippen LogP contribution in [-0.2, 0) is 22.4 Å². The molecule has 2 amide bonds. The SMILES string of the molecule is CCN1CCCc2cc(CCNC(=O)C(=O)Nc3ccc(OC(F)(F)F)cc3)ccc21. The maximum absolute atomic E-state index is 12.2. The van der Waals surface area contributed by atoms with Gasteiger partial charge in [-0.25, -0.2) is 0 Å². The predicted octanol–water partition coefficient (Wildman–Crippen LogP) is 3.66. The van der Waals surface area contributed by atoms with E-state index >= 15 is 0 Å². The molecular formula is C22H24F3N3O3. The van der Waals surface area contributed by atoms with E-state index in [0.29, 0.717) is 13.0 Å². The average Bonchev–Trinajstić information content (AvgIpc) is 2.73. The summed E-state index contributed by atoms with van der Waals surface area (Å²) in [5, 5.41) is 4.90. The maximum atomic E-state index is 12.2. The highest BCUT2D eigenvalue weighted by Crippen LogP contribution is 2.28. The Kier molecular flexibility index (Phi) is 7.04. The van der Waals surface area contributed by atoms with E-state index in [4.69, 9.17) is 0 Å². The molecule has 31 heavy (non-hydrogen) atoms. The Morgan fingerprint density at radius 2 is 1.84 bits per heavy atom. The van der Waals surface area contributed by atoms with E-state index in [1.54, 1.807) is 0 Å². The van der Waals surface area contributed by atoms with E-state index in [9.17, 15) is 22.8 Å². The third-order valence-corrected chi connectivity index (χ3v) is 4.99. The first-order chi connectivity index (χ1) is 14.7. The third kappa shape index (κ3) is 6.37. The van der Waals surface area contributed by atoms with Crippen LogP contribution in [0.1, 0.15) is 24.5 Å². The number of hydrogen-bond donors (Lipinski definition) is 2. The maximum Gasteiger partial charge on any atom is 0.573 e. The van der Waals surface area contributed by atoms with Crippen LogP contribution in [0, 0.1) is 0 Å². The highest BCUT2D eigenvalue weighted by atomic mass is 19.4. The number of anilines is 2. The van der Waals surface area contributed by atoms with Gasteiger partial charge >= 0.3 is 18.2 Å². The zero-order valence-corrected chi connectivity index (χ0v) is 17.1. The molecule has 1 aliphatic heterocycles. The van der Waals surface area contributed by atoms with Crippen LogP contribution < -0.4 is 20.3 Å². The molecule has 0 aliphatic carbocycles.